The van der Waals surface area contributed by atoms with Crippen molar-refractivity contribution in [3.63, 3.8) is 0 Å². The standard InChI is InChI=1S/C13H24O3/c1-10(2)12-4-6-13(7-5-12)16-9-8-15-11(3)14/h10,12-13H,4-9H2,1-3H3. The predicted molar refractivity (Wildman–Crippen MR) is 63.2 cm³/mol. The van der Waals surface area contributed by atoms with E-state index in [4.69, 9.17) is 9.47 Å². The normalized spacial score (nSPS) is 25.8. The van der Waals surface area contributed by atoms with E-state index in [0.717, 1.165) is 24.7 Å². The number of hydrogen-bond donors (Lipinski definition) is 0. The molecule has 1 rings (SSSR count). The van der Waals surface area contributed by atoms with Crippen molar-refractivity contribution in [3.05, 3.63) is 0 Å². The molecule has 1 aliphatic carbocycles. The Hall–Kier alpha value is -0.570. The summed E-state index contributed by atoms with van der Waals surface area (Å²) in [7, 11) is 0. The third kappa shape index (κ3) is 4.97. The fourth-order valence-corrected chi connectivity index (χ4v) is 2.32. The molecule has 0 aliphatic heterocycles. The molecule has 0 aromatic carbocycles. The van der Waals surface area contributed by atoms with Gasteiger partial charge in [-0.25, -0.2) is 0 Å². The van der Waals surface area contributed by atoms with Crippen LogP contribution in [-0.2, 0) is 14.3 Å². The molecule has 0 spiro atoms. The first-order valence-electron chi connectivity index (χ1n) is 6.34. The predicted octanol–water partition coefficient (Wildman–Crippen LogP) is 2.78. The van der Waals surface area contributed by atoms with E-state index in [2.05, 4.69) is 13.8 Å². The zero-order valence-electron chi connectivity index (χ0n) is 10.7. The molecule has 1 aliphatic rings. The van der Waals surface area contributed by atoms with Gasteiger partial charge in [0.2, 0.25) is 0 Å². The quantitative estimate of drug-likeness (QED) is 0.536. The van der Waals surface area contributed by atoms with E-state index in [1.54, 1.807) is 0 Å². The molecule has 1 saturated carbocycles. The molecule has 0 unspecified atom stereocenters. The van der Waals surface area contributed by atoms with Crippen LogP contribution in [0.2, 0.25) is 0 Å². The zero-order chi connectivity index (χ0) is 12.0. The van der Waals surface area contributed by atoms with E-state index in [0.29, 0.717) is 19.3 Å². The first-order valence-corrected chi connectivity index (χ1v) is 6.34. The molecular formula is C13H24O3. The summed E-state index contributed by atoms with van der Waals surface area (Å²) >= 11 is 0. The Bertz CT molecular complexity index is 205. The van der Waals surface area contributed by atoms with Crippen molar-refractivity contribution in [2.75, 3.05) is 13.2 Å². The van der Waals surface area contributed by atoms with E-state index in [1.165, 1.54) is 19.8 Å². The van der Waals surface area contributed by atoms with Crippen molar-refractivity contribution in [2.24, 2.45) is 11.8 Å². The van der Waals surface area contributed by atoms with E-state index in [-0.39, 0.29) is 5.97 Å². The molecule has 1 fully saturated rings. The summed E-state index contributed by atoms with van der Waals surface area (Å²) in [5.41, 5.74) is 0. The molecule has 0 N–H and O–H groups in total. The van der Waals surface area contributed by atoms with Gasteiger partial charge in [-0.1, -0.05) is 13.8 Å². The molecule has 0 aromatic heterocycles. The van der Waals surface area contributed by atoms with Crippen LogP contribution in [0.25, 0.3) is 0 Å². The van der Waals surface area contributed by atoms with Gasteiger partial charge in [0.15, 0.2) is 0 Å². The maximum Gasteiger partial charge on any atom is 0.302 e. The molecule has 0 saturated heterocycles. The molecule has 3 nitrogen and oxygen atoms in total. The summed E-state index contributed by atoms with van der Waals surface area (Å²) in [6.07, 6.45) is 5.24. The van der Waals surface area contributed by atoms with Crippen molar-refractivity contribution >= 4 is 5.97 Å². The van der Waals surface area contributed by atoms with Crippen LogP contribution >= 0.6 is 0 Å². The van der Waals surface area contributed by atoms with Crippen LogP contribution < -0.4 is 0 Å². The molecule has 0 radical (unpaired) electrons. The van der Waals surface area contributed by atoms with Crippen molar-refractivity contribution in [1.29, 1.82) is 0 Å². The van der Waals surface area contributed by atoms with Crippen molar-refractivity contribution in [1.82, 2.24) is 0 Å². The Morgan fingerprint density at radius 3 is 2.31 bits per heavy atom. The van der Waals surface area contributed by atoms with Gasteiger partial charge < -0.3 is 9.47 Å². The smallest absolute Gasteiger partial charge is 0.302 e. The minimum Gasteiger partial charge on any atom is -0.463 e. The Balaban J connectivity index is 2.06. The van der Waals surface area contributed by atoms with Gasteiger partial charge in [-0.2, -0.15) is 0 Å². The fraction of sp³-hybridized carbons (Fsp3) is 0.923. The van der Waals surface area contributed by atoms with Crippen molar-refractivity contribution < 1.29 is 14.3 Å². The van der Waals surface area contributed by atoms with Crippen molar-refractivity contribution in [2.45, 2.75) is 52.6 Å². The van der Waals surface area contributed by atoms with E-state index < -0.39 is 0 Å². The minimum absolute atomic E-state index is 0.230. The maximum absolute atomic E-state index is 10.5. The van der Waals surface area contributed by atoms with Crippen LogP contribution in [0.5, 0.6) is 0 Å². The number of carbonyl (C=O) groups excluding carboxylic acids is 1. The second-order valence-corrected chi connectivity index (χ2v) is 4.99. The van der Waals surface area contributed by atoms with Crippen LogP contribution in [0, 0.1) is 11.8 Å². The molecule has 16 heavy (non-hydrogen) atoms. The molecule has 0 bridgehead atoms. The fourth-order valence-electron chi connectivity index (χ4n) is 2.32. The van der Waals surface area contributed by atoms with Gasteiger partial charge in [-0.3, -0.25) is 4.79 Å². The Morgan fingerprint density at radius 1 is 1.19 bits per heavy atom. The van der Waals surface area contributed by atoms with E-state index in [1.807, 2.05) is 0 Å². The maximum atomic E-state index is 10.5. The number of ether oxygens (including phenoxy) is 2. The molecule has 3 heteroatoms. The van der Waals surface area contributed by atoms with Crippen molar-refractivity contribution in [3.8, 4) is 0 Å². The monoisotopic (exact) mass is 228 g/mol. The number of carbonyl (C=O) groups is 1. The second-order valence-electron chi connectivity index (χ2n) is 4.99. The van der Waals surface area contributed by atoms with Gasteiger partial charge in [0.05, 0.1) is 12.7 Å². The van der Waals surface area contributed by atoms with Crippen LogP contribution in [0.3, 0.4) is 0 Å². The lowest BCUT2D eigenvalue weighted by Gasteiger charge is -2.30. The Kier molecular flexibility index (Phi) is 5.81. The lowest BCUT2D eigenvalue weighted by Crippen LogP contribution is -2.25. The average Bonchev–Trinajstić information content (AvgIpc) is 2.25. The lowest BCUT2D eigenvalue weighted by atomic mass is 9.80. The van der Waals surface area contributed by atoms with Crippen LogP contribution in [0.1, 0.15) is 46.5 Å². The Labute approximate surface area is 98.5 Å². The molecule has 0 amide bonds. The third-order valence-corrected chi connectivity index (χ3v) is 3.40. The molecule has 0 atom stereocenters. The van der Waals surface area contributed by atoms with Crippen LogP contribution in [0.15, 0.2) is 0 Å². The van der Waals surface area contributed by atoms with E-state index >= 15 is 0 Å². The SMILES string of the molecule is CC(=O)OCCOC1CCC(C(C)C)CC1. The van der Waals surface area contributed by atoms with Gasteiger partial charge in [0.1, 0.15) is 6.61 Å². The van der Waals surface area contributed by atoms with Gasteiger partial charge in [0.25, 0.3) is 0 Å². The number of hydrogen-bond acceptors (Lipinski definition) is 3. The third-order valence-electron chi connectivity index (χ3n) is 3.40. The summed E-state index contributed by atoms with van der Waals surface area (Å²) in [6.45, 7) is 6.95. The first kappa shape index (κ1) is 13.5. The molecule has 0 heterocycles. The Morgan fingerprint density at radius 2 is 1.81 bits per heavy atom. The largest absolute Gasteiger partial charge is 0.463 e. The number of rotatable bonds is 5. The first-order chi connectivity index (χ1) is 7.59. The van der Waals surface area contributed by atoms with Crippen LogP contribution in [0.4, 0.5) is 0 Å². The highest BCUT2D eigenvalue weighted by Gasteiger charge is 2.23. The van der Waals surface area contributed by atoms with Gasteiger partial charge >= 0.3 is 5.97 Å². The number of esters is 1. The summed E-state index contributed by atoms with van der Waals surface area (Å²) in [5, 5.41) is 0. The second kappa shape index (κ2) is 6.89. The average molecular weight is 228 g/mol. The highest BCUT2D eigenvalue weighted by Crippen LogP contribution is 2.31. The summed E-state index contributed by atoms with van der Waals surface area (Å²) in [5.74, 6) is 1.43. The van der Waals surface area contributed by atoms with Gasteiger partial charge in [-0.05, 0) is 37.5 Å². The van der Waals surface area contributed by atoms with Crippen LogP contribution in [-0.4, -0.2) is 25.3 Å². The summed E-state index contributed by atoms with van der Waals surface area (Å²) in [6, 6.07) is 0. The van der Waals surface area contributed by atoms with Gasteiger partial charge in [-0.15, -0.1) is 0 Å². The minimum atomic E-state index is -0.230. The summed E-state index contributed by atoms with van der Waals surface area (Å²) < 4.78 is 10.5. The van der Waals surface area contributed by atoms with E-state index in [9.17, 15) is 4.79 Å². The lowest BCUT2D eigenvalue weighted by molar-refractivity contribution is -0.143. The topological polar surface area (TPSA) is 35.5 Å². The van der Waals surface area contributed by atoms with Gasteiger partial charge in [0, 0.05) is 6.92 Å². The molecule has 94 valence electrons. The molecular weight excluding hydrogens is 204 g/mol. The summed E-state index contributed by atoms with van der Waals surface area (Å²) in [4.78, 5) is 10.5. The zero-order valence-corrected chi connectivity index (χ0v) is 10.7. The highest BCUT2D eigenvalue weighted by molar-refractivity contribution is 5.65. The highest BCUT2D eigenvalue weighted by atomic mass is 16.6. The molecule has 0 aromatic rings.